The van der Waals surface area contributed by atoms with E-state index in [0.29, 0.717) is 18.8 Å². The van der Waals surface area contributed by atoms with Gasteiger partial charge in [-0.15, -0.1) is 11.3 Å². The summed E-state index contributed by atoms with van der Waals surface area (Å²) in [6.45, 7) is 1.29. The van der Waals surface area contributed by atoms with E-state index >= 15 is 0 Å². The number of benzene rings is 1. The maximum absolute atomic E-state index is 9.87. The third kappa shape index (κ3) is 2.95. The number of phenolic OH excluding ortho intramolecular Hbond substituents is 1. The van der Waals surface area contributed by atoms with Gasteiger partial charge in [-0.1, -0.05) is 12.1 Å². The molecule has 0 saturated heterocycles. The summed E-state index contributed by atoms with van der Waals surface area (Å²) in [4.78, 5) is 4.17. The van der Waals surface area contributed by atoms with Crippen molar-refractivity contribution < 1.29 is 9.84 Å². The molecule has 2 aromatic rings. The monoisotopic (exact) mass is 250 g/mol. The van der Waals surface area contributed by atoms with Gasteiger partial charge in [0, 0.05) is 30.2 Å². The predicted octanol–water partition coefficient (Wildman–Crippen LogP) is 2.15. The molecular weight excluding hydrogens is 236 g/mol. The minimum absolute atomic E-state index is 0.196. The lowest BCUT2D eigenvalue weighted by atomic mass is 10.2. The van der Waals surface area contributed by atoms with Gasteiger partial charge in [-0.2, -0.15) is 0 Å². The van der Waals surface area contributed by atoms with Gasteiger partial charge < -0.3 is 15.2 Å². The largest absolute Gasteiger partial charge is 0.504 e. The molecule has 2 rings (SSSR count). The summed E-state index contributed by atoms with van der Waals surface area (Å²) < 4.78 is 5.05. The number of hydrogen-bond donors (Lipinski definition) is 2. The highest BCUT2D eigenvalue weighted by atomic mass is 32.1. The molecule has 5 heteroatoms. The summed E-state index contributed by atoms with van der Waals surface area (Å²) >= 11 is 1.61. The Morgan fingerprint density at radius 3 is 3.00 bits per heavy atom. The number of phenols is 1. The first kappa shape index (κ1) is 11.9. The molecule has 0 bridgehead atoms. The van der Waals surface area contributed by atoms with Crippen LogP contribution in [-0.4, -0.2) is 17.2 Å². The number of nitrogens with zero attached hydrogens (tertiary/aromatic N) is 1. The molecule has 0 aliphatic carbocycles. The van der Waals surface area contributed by atoms with E-state index in [0.717, 1.165) is 10.6 Å². The zero-order valence-electron chi connectivity index (χ0n) is 9.51. The van der Waals surface area contributed by atoms with Crippen LogP contribution in [0.3, 0.4) is 0 Å². The van der Waals surface area contributed by atoms with Crippen molar-refractivity contribution in [2.75, 3.05) is 7.11 Å². The number of hydrogen-bond acceptors (Lipinski definition) is 5. The van der Waals surface area contributed by atoms with Gasteiger partial charge in [0.25, 0.3) is 0 Å². The molecule has 4 nitrogen and oxygen atoms in total. The van der Waals surface area contributed by atoms with E-state index < -0.39 is 0 Å². The first-order chi connectivity index (χ1) is 8.31. The van der Waals surface area contributed by atoms with Crippen LogP contribution in [0, 0.1) is 0 Å². The number of methoxy groups -OCH3 is 1. The molecule has 1 heterocycles. The second-order valence-electron chi connectivity index (χ2n) is 3.50. The van der Waals surface area contributed by atoms with Gasteiger partial charge in [0.15, 0.2) is 11.5 Å². The average molecular weight is 250 g/mol. The lowest BCUT2D eigenvalue weighted by Crippen LogP contribution is -2.12. The normalized spacial score (nSPS) is 10.4. The Hall–Kier alpha value is -1.59. The van der Waals surface area contributed by atoms with Crippen LogP contribution in [0.5, 0.6) is 11.5 Å². The Morgan fingerprint density at radius 1 is 1.41 bits per heavy atom. The highest BCUT2D eigenvalue weighted by Crippen LogP contribution is 2.29. The first-order valence-corrected chi connectivity index (χ1v) is 6.13. The van der Waals surface area contributed by atoms with Gasteiger partial charge in [-0.3, -0.25) is 0 Å². The second-order valence-corrected chi connectivity index (χ2v) is 4.48. The van der Waals surface area contributed by atoms with Crippen LogP contribution < -0.4 is 10.1 Å². The molecule has 2 N–H and O–H groups in total. The van der Waals surface area contributed by atoms with Crippen LogP contribution in [0.15, 0.2) is 29.8 Å². The van der Waals surface area contributed by atoms with E-state index in [4.69, 9.17) is 4.74 Å². The molecule has 17 heavy (non-hydrogen) atoms. The van der Waals surface area contributed by atoms with Crippen LogP contribution in [0.2, 0.25) is 0 Å². The fraction of sp³-hybridized carbons (Fsp3) is 0.250. The van der Waals surface area contributed by atoms with Crippen LogP contribution >= 0.6 is 11.3 Å². The van der Waals surface area contributed by atoms with Gasteiger partial charge in [-0.05, 0) is 6.07 Å². The van der Waals surface area contributed by atoms with Crippen LogP contribution in [0.1, 0.15) is 10.6 Å². The molecule has 1 aromatic heterocycles. The fourth-order valence-corrected chi connectivity index (χ4v) is 2.11. The van der Waals surface area contributed by atoms with Crippen molar-refractivity contribution in [2.45, 2.75) is 13.1 Å². The molecule has 1 aromatic carbocycles. The Balaban J connectivity index is 1.95. The Labute approximate surface area is 104 Å². The van der Waals surface area contributed by atoms with Crippen molar-refractivity contribution in [2.24, 2.45) is 0 Å². The van der Waals surface area contributed by atoms with Crippen molar-refractivity contribution in [1.82, 2.24) is 10.3 Å². The predicted molar refractivity (Wildman–Crippen MR) is 67.3 cm³/mol. The summed E-state index contributed by atoms with van der Waals surface area (Å²) in [7, 11) is 1.54. The van der Waals surface area contributed by atoms with Crippen molar-refractivity contribution in [3.63, 3.8) is 0 Å². The number of aromatic nitrogens is 1. The third-order valence-corrected chi connectivity index (χ3v) is 3.16. The molecule has 0 radical (unpaired) electrons. The van der Waals surface area contributed by atoms with Crippen molar-refractivity contribution in [1.29, 1.82) is 0 Å². The summed E-state index contributed by atoms with van der Waals surface area (Å²) in [6.07, 6.45) is 1.78. The SMILES string of the molecule is COc1cccc(CNCc2nccs2)c1O. The molecule has 0 atom stereocenters. The number of aromatic hydroxyl groups is 1. The standard InChI is InChI=1S/C12H14N2O2S/c1-16-10-4-2-3-9(12(10)15)7-13-8-11-14-5-6-17-11/h2-6,13,15H,7-8H2,1H3. The summed E-state index contributed by atoms with van der Waals surface area (Å²) in [5.74, 6) is 0.695. The van der Waals surface area contributed by atoms with Gasteiger partial charge >= 0.3 is 0 Å². The van der Waals surface area contributed by atoms with Crippen molar-refractivity contribution in [3.8, 4) is 11.5 Å². The maximum atomic E-state index is 9.87. The van der Waals surface area contributed by atoms with E-state index in [1.54, 1.807) is 30.7 Å². The topological polar surface area (TPSA) is 54.4 Å². The molecule has 0 spiro atoms. The number of rotatable bonds is 5. The number of para-hydroxylation sites is 1. The summed E-state index contributed by atoms with van der Waals surface area (Å²) in [5, 5.41) is 16.1. The molecule has 0 saturated carbocycles. The molecule has 0 aliphatic rings. The smallest absolute Gasteiger partial charge is 0.162 e. The Kier molecular flexibility index (Phi) is 3.95. The van der Waals surface area contributed by atoms with Gasteiger partial charge in [-0.25, -0.2) is 4.98 Å². The quantitative estimate of drug-likeness (QED) is 0.853. The zero-order chi connectivity index (χ0) is 12.1. The Morgan fingerprint density at radius 2 is 2.29 bits per heavy atom. The highest BCUT2D eigenvalue weighted by Gasteiger charge is 2.06. The first-order valence-electron chi connectivity index (χ1n) is 5.25. The van der Waals surface area contributed by atoms with Gasteiger partial charge in [0.2, 0.25) is 0 Å². The molecule has 0 unspecified atom stereocenters. The summed E-state index contributed by atoms with van der Waals surface area (Å²) in [5.41, 5.74) is 0.820. The molecule has 90 valence electrons. The van der Waals surface area contributed by atoms with Crippen LogP contribution in [0.4, 0.5) is 0 Å². The van der Waals surface area contributed by atoms with Crippen LogP contribution in [0.25, 0.3) is 0 Å². The number of thiazole rings is 1. The highest BCUT2D eigenvalue weighted by molar-refractivity contribution is 7.09. The van der Waals surface area contributed by atoms with E-state index in [9.17, 15) is 5.11 Å². The fourth-order valence-electron chi connectivity index (χ4n) is 1.52. The van der Waals surface area contributed by atoms with E-state index in [-0.39, 0.29) is 5.75 Å². The lowest BCUT2D eigenvalue weighted by Gasteiger charge is -2.09. The van der Waals surface area contributed by atoms with E-state index in [2.05, 4.69) is 10.3 Å². The number of nitrogens with one attached hydrogen (secondary N) is 1. The molecule has 0 fully saturated rings. The number of ether oxygens (including phenoxy) is 1. The zero-order valence-corrected chi connectivity index (χ0v) is 10.3. The molecule has 0 aliphatic heterocycles. The van der Waals surface area contributed by atoms with Crippen LogP contribution in [-0.2, 0) is 13.1 Å². The summed E-state index contributed by atoms with van der Waals surface area (Å²) in [6, 6.07) is 5.46. The van der Waals surface area contributed by atoms with Gasteiger partial charge in [0.05, 0.1) is 7.11 Å². The van der Waals surface area contributed by atoms with Crippen molar-refractivity contribution in [3.05, 3.63) is 40.3 Å². The molecular formula is C12H14N2O2S. The second kappa shape index (κ2) is 5.65. The lowest BCUT2D eigenvalue weighted by molar-refractivity contribution is 0.369. The minimum atomic E-state index is 0.196. The van der Waals surface area contributed by atoms with E-state index in [1.165, 1.54) is 0 Å². The maximum Gasteiger partial charge on any atom is 0.162 e. The van der Waals surface area contributed by atoms with Crippen molar-refractivity contribution >= 4 is 11.3 Å². The van der Waals surface area contributed by atoms with Gasteiger partial charge in [0.1, 0.15) is 5.01 Å². The average Bonchev–Trinajstić information content (AvgIpc) is 2.84. The third-order valence-electron chi connectivity index (χ3n) is 2.38. The molecule has 0 amide bonds. The Bertz CT molecular complexity index is 471. The minimum Gasteiger partial charge on any atom is -0.504 e. The van der Waals surface area contributed by atoms with E-state index in [1.807, 2.05) is 17.5 Å².